The lowest BCUT2D eigenvalue weighted by Gasteiger charge is -2.16. The minimum Gasteiger partial charge on any atom is -0.451 e. The van der Waals surface area contributed by atoms with Crippen LogP contribution in [0.5, 0.6) is 0 Å². The summed E-state index contributed by atoms with van der Waals surface area (Å²) in [5.74, 6) is -1.25. The Morgan fingerprint density at radius 2 is 2.24 bits per heavy atom. The van der Waals surface area contributed by atoms with Crippen molar-refractivity contribution in [2.24, 2.45) is 0 Å². The zero-order chi connectivity index (χ0) is 15.4. The first-order valence-electron chi connectivity index (χ1n) is 6.52. The van der Waals surface area contributed by atoms with E-state index in [2.05, 4.69) is 10.6 Å². The summed E-state index contributed by atoms with van der Waals surface area (Å²) in [4.78, 5) is 34.7. The van der Waals surface area contributed by atoms with Gasteiger partial charge >= 0.3 is 5.97 Å². The van der Waals surface area contributed by atoms with E-state index in [9.17, 15) is 14.4 Å². The Morgan fingerprint density at radius 1 is 1.48 bits per heavy atom. The van der Waals surface area contributed by atoms with Crippen LogP contribution < -0.4 is 10.6 Å². The van der Waals surface area contributed by atoms with Gasteiger partial charge in [-0.1, -0.05) is 17.7 Å². The number of amides is 2. The molecule has 6 nitrogen and oxygen atoms in total. The van der Waals surface area contributed by atoms with Crippen molar-refractivity contribution in [3.05, 3.63) is 29.3 Å². The second kappa shape index (κ2) is 6.58. The quantitative estimate of drug-likeness (QED) is 0.825. The molecule has 1 fully saturated rings. The first-order chi connectivity index (χ1) is 9.95. The third kappa shape index (κ3) is 4.19. The Hall–Kier alpha value is -2.08. The molecule has 0 saturated carbocycles. The highest BCUT2D eigenvalue weighted by Gasteiger charge is 2.30. The maximum atomic E-state index is 11.9. The number of hydrogen-bond acceptors (Lipinski definition) is 4. The summed E-state index contributed by atoms with van der Waals surface area (Å²) in [6, 6.07) is 5.98. The van der Waals surface area contributed by atoms with Gasteiger partial charge in [-0.15, -0.1) is 0 Å². The summed E-state index contributed by atoms with van der Waals surface area (Å²) in [5.41, 5.74) is 0.518. The number of ether oxygens (including phenoxy) is 1. The zero-order valence-corrected chi connectivity index (χ0v) is 12.1. The van der Waals surface area contributed by atoms with Crippen molar-refractivity contribution < 1.29 is 19.1 Å². The summed E-state index contributed by atoms with van der Waals surface area (Å²) in [6.45, 7) is 1.47. The Balaban J connectivity index is 1.87. The average Bonchev–Trinajstić information content (AvgIpc) is 2.85. The summed E-state index contributed by atoms with van der Waals surface area (Å²) in [5, 5.41) is 5.58. The van der Waals surface area contributed by atoms with Crippen LogP contribution in [0.15, 0.2) is 24.3 Å². The molecule has 1 aliphatic heterocycles. The maximum Gasteiger partial charge on any atom is 0.329 e. The lowest BCUT2D eigenvalue weighted by molar-refractivity contribution is -0.155. The molecule has 0 radical (unpaired) electrons. The normalized spacial score (nSPS) is 18.8. The first-order valence-corrected chi connectivity index (χ1v) is 6.90. The van der Waals surface area contributed by atoms with Crippen molar-refractivity contribution in [3.8, 4) is 0 Å². The van der Waals surface area contributed by atoms with E-state index in [1.54, 1.807) is 24.3 Å². The molecule has 2 N–H and O–H groups in total. The number of rotatable bonds is 4. The fourth-order valence-corrected chi connectivity index (χ4v) is 2.10. The highest BCUT2D eigenvalue weighted by molar-refractivity contribution is 6.30. The molecule has 2 atom stereocenters. The molecular weight excluding hydrogens is 296 g/mol. The van der Waals surface area contributed by atoms with Crippen LogP contribution in [-0.2, 0) is 19.1 Å². The molecule has 2 rings (SSSR count). The van der Waals surface area contributed by atoms with E-state index in [4.69, 9.17) is 16.3 Å². The molecule has 7 heteroatoms. The van der Waals surface area contributed by atoms with E-state index in [0.717, 1.165) is 0 Å². The van der Waals surface area contributed by atoms with Crippen molar-refractivity contribution in [1.82, 2.24) is 5.32 Å². The lowest BCUT2D eigenvalue weighted by Crippen LogP contribution is -2.39. The summed E-state index contributed by atoms with van der Waals surface area (Å²) < 4.78 is 5.05. The number of benzene rings is 1. The van der Waals surface area contributed by atoms with Gasteiger partial charge < -0.3 is 15.4 Å². The lowest BCUT2D eigenvalue weighted by atomic mass is 10.2. The average molecular weight is 311 g/mol. The maximum absolute atomic E-state index is 11.9. The highest BCUT2D eigenvalue weighted by atomic mass is 35.5. The largest absolute Gasteiger partial charge is 0.451 e. The van der Waals surface area contributed by atoms with Gasteiger partial charge in [0, 0.05) is 17.1 Å². The van der Waals surface area contributed by atoms with Gasteiger partial charge in [-0.05, 0) is 31.5 Å². The van der Waals surface area contributed by atoms with Crippen LogP contribution >= 0.6 is 11.6 Å². The van der Waals surface area contributed by atoms with Crippen LogP contribution in [0.2, 0.25) is 5.02 Å². The molecule has 21 heavy (non-hydrogen) atoms. The summed E-state index contributed by atoms with van der Waals surface area (Å²) in [7, 11) is 0. The SMILES string of the molecule is C[C@H](OC(=O)[C@@H]1CCC(=O)N1)C(=O)Nc1cccc(Cl)c1. The van der Waals surface area contributed by atoms with E-state index < -0.39 is 24.0 Å². The Kier molecular flexibility index (Phi) is 4.80. The predicted octanol–water partition coefficient (Wildman–Crippen LogP) is 1.49. The van der Waals surface area contributed by atoms with Crippen molar-refractivity contribution in [2.75, 3.05) is 5.32 Å². The highest BCUT2D eigenvalue weighted by Crippen LogP contribution is 2.15. The van der Waals surface area contributed by atoms with Crippen molar-refractivity contribution in [3.63, 3.8) is 0 Å². The fourth-order valence-electron chi connectivity index (χ4n) is 1.91. The van der Waals surface area contributed by atoms with E-state index in [1.807, 2.05) is 0 Å². The molecule has 1 heterocycles. The van der Waals surface area contributed by atoms with Gasteiger partial charge in [0.05, 0.1) is 0 Å². The minimum absolute atomic E-state index is 0.187. The number of esters is 1. The molecule has 1 aromatic rings. The van der Waals surface area contributed by atoms with Gasteiger partial charge in [0.2, 0.25) is 5.91 Å². The van der Waals surface area contributed by atoms with Gasteiger partial charge in [-0.25, -0.2) is 4.79 Å². The topological polar surface area (TPSA) is 84.5 Å². The fraction of sp³-hybridized carbons (Fsp3) is 0.357. The standard InChI is InChI=1S/C14H15ClN2O4/c1-8(21-14(20)11-5-6-12(18)17-11)13(19)16-10-4-2-3-9(15)7-10/h2-4,7-8,11H,5-6H2,1H3,(H,16,19)(H,17,18)/t8-,11-/m0/s1. The predicted molar refractivity (Wildman–Crippen MR) is 76.8 cm³/mol. The van der Waals surface area contributed by atoms with Gasteiger partial charge in [0.1, 0.15) is 6.04 Å². The molecule has 1 aliphatic rings. The number of anilines is 1. The summed E-state index contributed by atoms with van der Waals surface area (Å²) >= 11 is 5.82. The second-order valence-electron chi connectivity index (χ2n) is 4.74. The molecule has 0 unspecified atom stereocenters. The van der Waals surface area contributed by atoms with Crippen LogP contribution in [0.3, 0.4) is 0 Å². The second-order valence-corrected chi connectivity index (χ2v) is 5.17. The molecule has 112 valence electrons. The number of carbonyl (C=O) groups excluding carboxylic acids is 3. The number of halogens is 1. The van der Waals surface area contributed by atoms with E-state index >= 15 is 0 Å². The van der Waals surface area contributed by atoms with Gasteiger partial charge in [0.25, 0.3) is 5.91 Å². The first kappa shape index (κ1) is 15.3. The van der Waals surface area contributed by atoms with Crippen LogP contribution in [0, 0.1) is 0 Å². The molecule has 0 aliphatic carbocycles. The van der Waals surface area contributed by atoms with Gasteiger partial charge in [-0.2, -0.15) is 0 Å². The summed E-state index contributed by atoms with van der Waals surface area (Å²) in [6.07, 6.45) is -0.280. The zero-order valence-electron chi connectivity index (χ0n) is 11.4. The van der Waals surface area contributed by atoms with Crippen LogP contribution in [0.1, 0.15) is 19.8 Å². The van der Waals surface area contributed by atoms with Crippen molar-refractivity contribution in [2.45, 2.75) is 31.9 Å². The Labute approximate surface area is 126 Å². The molecule has 0 spiro atoms. The van der Waals surface area contributed by atoms with Crippen LogP contribution in [0.4, 0.5) is 5.69 Å². The molecule has 1 aromatic carbocycles. The van der Waals surface area contributed by atoms with Gasteiger partial charge in [-0.3, -0.25) is 9.59 Å². The molecule has 0 bridgehead atoms. The van der Waals surface area contributed by atoms with Crippen LogP contribution in [-0.4, -0.2) is 29.9 Å². The van der Waals surface area contributed by atoms with E-state index in [1.165, 1.54) is 6.92 Å². The van der Waals surface area contributed by atoms with Crippen LogP contribution in [0.25, 0.3) is 0 Å². The van der Waals surface area contributed by atoms with E-state index in [-0.39, 0.29) is 5.91 Å². The molecule has 0 aromatic heterocycles. The number of nitrogens with one attached hydrogen (secondary N) is 2. The molecule has 2 amide bonds. The van der Waals surface area contributed by atoms with Crippen molar-refractivity contribution >= 4 is 35.1 Å². The number of carbonyl (C=O) groups is 3. The Bertz CT molecular complexity index is 576. The van der Waals surface area contributed by atoms with Gasteiger partial charge in [0.15, 0.2) is 6.10 Å². The number of hydrogen-bond donors (Lipinski definition) is 2. The third-order valence-corrected chi connectivity index (χ3v) is 3.27. The third-order valence-electron chi connectivity index (χ3n) is 3.03. The Morgan fingerprint density at radius 3 is 2.86 bits per heavy atom. The van der Waals surface area contributed by atoms with E-state index in [0.29, 0.717) is 23.6 Å². The minimum atomic E-state index is -0.964. The molecule has 1 saturated heterocycles. The molecular formula is C14H15ClN2O4. The smallest absolute Gasteiger partial charge is 0.329 e. The monoisotopic (exact) mass is 310 g/mol. The van der Waals surface area contributed by atoms with Crippen molar-refractivity contribution in [1.29, 1.82) is 0 Å².